The molecule has 0 radical (unpaired) electrons. The largest absolute Gasteiger partial charge is 0.490 e. The molecule has 2 aliphatic heterocycles. The van der Waals surface area contributed by atoms with Gasteiger partial charge in [-0.2, -0.15) is 0 Å². The molecule has 1 spiro atoms. The lowest BCUT2D eigenvalue weighted by Crippen LogP contribution is -2.31. The number of amides is 1. The Balaban J connectivity index is 0.00000104. The van der Waals surface area contributed by atoms with Crippen molar-refractivity contribution in [3.05, 3.63) is 18.2 Å². The number of carbonyl (C=O) groups excluding carboxylic acids is 1. The Morgan fingerprint density at radius 2 is 2.08 bits per heavy atom. The first-order valence-corrected chi connectivity index (χ1v) is 8.18. The maximum Gasteiger partial charge on any atom is 0.228 e. The molecule has 5 nitrogen and oxygen atoms in total. The molecule has 0 aromatic heterocycles. The second-order valence-electron chi connectivity index (χ2n) is 6.81. The average Bonchev–Trinajstić information content (AvgIpc) is 3.22. The van der Waals surface area contributed by atoms with Crippen molar-refractivity contribution >= 4 is 42.1 Å². The number of hydrogen-bond donors (Lipinski definition) is 2. The van der Waals surface area contributed by atoms with Crippen LogP contribution in [0.25, 0.3) is 0 Å². The van der Waals surface area contributed by atoms with Crippen LogP contribution in [0.2, 0.25) is 0 Å². The van der Waals surface area contributed by atoms with Crippen molar-refractivity contribution in [3.8, 4) is 5.75 Å². The fourth-order valence-electron chi connectivity index (χ4n) is 3.85. The SMILES string of the molecule is CN1CCOc2ccc(NC(=O)C3CC34CCNCC4)cc21.Cl.Cl. The molecule has 4 rings (SSSR count). The number of hydrogen-bond acceptors (Lipinski definition) is 4. The van der Waals surface area contributed by atoms with Gasteiger partial charge in [-0.25, -0.2) is 0 Å². The summed E-state index contributed by atoms with van der Waals surface area (Å²) in [6.45, 7) is 3.69. The van der Waals surface area contributed by atoms with E-state index in [1.807, 2.05) is 18.2 Å². The van der Waals surface area contributed by atoms with Gasteiger partial charge < -0.3 is 20.3 Å². The molecule has 1 unspecified atom stereocenters. The smallest absolute Gasteiger partial charge is 0.228 e. The Morgan fingerprint density at radius 1 is 1.33 bits per heavy atom. The van der Waals surface area contributed by atoms with Gasteiger partial charge in [-0.15, -0.1) is 24.8 Å². The fraction of sp³-hybridized carbons (Fsp3) is 0.588. The van der Waals surface area contributed by atoms with Crippen LogP contribution >= 0.6 is 24.8 Å². The minimum atomic E-state index is 0. The molecule has 1 amide bonds. The van der Waals surface area contributed by atoms with Crippen LogP contribution in [-0.2, 0) is 4.79 Å². The highest BCUT2D eigenvalue weighted by Gasteiger charge is 2.57. The molecular weight excluding hydrogens is 349 g/mol. The number of nitrogens with one attached hydrogen (secondary N) is 2. The van der Waals surface area contributed by atoms with Gasteiger partial charge in [0.2, 0.25) is 5.91 Å². The van der Waals surface area contributed by atoms with Crippen LogP contribution < -0.4 is 20.3 Å². The zero-order chi connectivity index (χ0) is 15.2. The van der Waals surface area contributed by atoms with Gasteiger partial charge in [0.15, 0.2) is 0 Å². The molecule has 1 atom stereocenters. The van der Waals surface area contributed by atoms with Gasteiger partial charge in [0.05, 0.1) is 12.2 Å². The van der Waals surface area contributed by atoms with E-state index in [2.05, 4.69) is 22.6 Å². The summed E-state index contributed by atoms with van der Waals surface area (Å²) >= 11 is 0. The molecule has 134 valence electrons. The third-order valence-corrected chi connectivity index (χ3v) is 5.43. The standard InChI is InChI=1S/C17H23N3O2.2ClH/c1-20-8-9-22-15-3-2-12(10-14(15)20)19-16(21)13-11-17(13)4-6-18-7-5-17;;/h2-3,10,13,18H,4-9,11H2,1H3,(H,19,21);2*1H. The summed E-state index contributed by atoms with van der Waals surface area (Å²) in [6, 6.07) is 5.91. The first kappa shape index (κ1) is 19.2. The van der Waals surface area contributed by atoms with Crippen LogP contribution in [0.3, 0.4) is 0 Å². The molecule has 2 fully saturated rings. The van der Waals surface area contributed by atoms with E-state index < -0.39 is 0 Å². The fourth-order valence-corrected chi connectivity index (χ4v) is 3.85. The van der Waals surface area contributed by atoms with Crippen LogP contribution in [0.5, 0.6) is 5.75 Å². The van der Waals surface area contributed by atoms with E-state index >= 15 is 0 Å². The van der Waals surface area contributed by atoms with Gasteiger partial charge in [0.25, 0.3) is 0 Å². The quantitative estimate of drug-likeness (QED) is 0.836. The maximum absolute atomic E-state index is 12.5. The summed E-state index contributed by atoms with van der Waals surface area (Å²) < 4.78 is 5.64. The number of ether oxygens (including phenoxy) is 1. The van der Waals surface area contributed by atoms with Crippen LogP contribution in [-0.4, -0.2) is 39.2 Å². The first-order valence-electron chi connectivity index (χ1n) is 8.18. The topological polar surface area (TPSA) is 53.6 Å². The van der Waals surface area contributed by atoms with E-state index in [9.17, 15) is 4.79 Å². The lowest BCUT2D eigenvalue weighted by molar-refractivity contribution is -0.118. The van der Waals surface area contributed by atoms with Crippen LogP contribution in [0.1, 0.15) is 19.3 Å². The van der Waals surface area contributed by atoms with Crippen molar-refractivity contribution in [2.24, 2.45) is 11.3 Å². The van der Waals surface area contributed by atoms with Gasteiger partial charge in [0, 0.05) is 18.7 Å². The lowest BCUT2D eigenvalue weighted by atomic mass is 9.92. The number of rotatable bonds is 2. The summed E-state index contributed by atoms with van der Waals surface area (Å²) in [6.07, 6.45) is 3.31. The van der Waals surface area contributed by atoms with E-state index in [1.165, 1.54) is 0 Å². The van der Waals surface area contributed by atoms with E-state index in [1.54, 1.807) is 0 Å². The molecule has 1 aromatic carbocycles. The van der Waals surface area contributed by atoms with Crippen LogP contribution in [0, 0.1) is 11.3 Å². The van der Waals surface area contributed by atoms with Gasteiger partial charge in [-0.3, -0.25) is 4.79 Å². The molecular formula is C17H25Cl2N3O2. The third-order valence-electron chi connectivity index (χ3n) is 5.43. The molecule has 1 aromatic rings. The average molecular weight is 374 g/mol. The Kier molecular flexibility index (Phi) is 5.89. The molecule has 0 bridgehead atoms. The monoisotopic (exact) mass is 373 g/mol. The van der Waals surface area contributed by atoms with E-state index in [-0.39, 0.29) is 42.1 Å². The maximum atomic E-state index is 12.5. The molecule has 24 heavy (non-hydrogen) atoms. The number of nitrogens with zero attached hydrogens (tertiary/aromatic N) is 1. The van der Waals surface area contributed by atoms with Gasteiger partial charge >= 0.3 is 0 Å². The zero-order valence-corrected chi connectivity index (χ0v) is 15.5. The first-order chi connectivity index (χ1) is 10.7. The zero-order valence-electron chi connectivity index (χ0n) is 13.8. The number of fused-ring (bicyclic) bond motifs is 1. The van der Waals surface area contributed by atoms with Crippen molar-refractivity contribution in [1.29, 1.82) is 0 Å². The number of piperidine rings is 1. The van der Waals surface area contributed by atoms with Crippen LogP contribution in [0.15, 0.2) is 18.2 Å². The van der Waals surface area contributed by atoms with E-state index in [0.29, 0.717) is 6.61 Å². The number of benzene rings is 1. The number of anilines is 2. The van der Waals surface area contributed by atoms with E-state index in [0.717, 1.165) is 56.0 Å². The summed E-state index contributed by atoms with van der Waals surface area (Å²) in [5.41, 5.74) is 2.21. The van der Waals surface area contributed by atoms with Crippen molar-refractivity contribution in [2.45, 2.75) is 19.3 Å². The second-order valence-corrected chi connectivity index (χ2v) is 6.81. The summed E-state index contributed by atoms with van der Waals surface area (Å²) in [5, 5.41) is 6.48. The predicted molar refractivity (Wildman–Crippen MR) is 101 cm³/mol. The van der Waals surface area contributed by atoms with Gasteiger partial charge in [0.1, 0.15) is 12.4 Å². The van der Waals surface area contributed by atoms with Crippen molar-refractivity contribution in [3.63, 3.8) is 0 Å². The molecule has 2 N–H and O–H groups in total. The van der Waals surface area contributed by atoms with E-state index in [4.69, 9.17) is 4.74 Å². The van der Waals surface area contributed by atoms with Crippen molar-refractivity contribution in [2.75, 3.05) is 43.5 Å². The predicted octanol–water partition coefficient (Wildman–Crippen LogP) is 2.69. The highest BCUT2D eigenvalue weighted by Crippen LogP contribution is 2.58. The molecule has 2 heterocycles. The van der Waals surface area contributed by atoms with Crippen molar-refractivity contribution in [1.82, 2.24) is 5.32 Å². The minimum Gasteiger partial charge on any atom is -0.490 e. The summed E-state index contributed by atoms with van der Waals surface area (Å²) in [7, 11) is 2.05. The van der Waals surface area contributed by atoms with Crippen molar-refractivity contribution < 1.29 is 9.53 Å². The van der Waals surface area contributed by atoms with Crippen LogP contribution in [0.4, 0.5) is 11.4 Å². The highest BCUT2D eigenvalue weighted by molar-refractivity contribution is 5.95. The van der Waals surface area contributed by atoms with Gasteiger partial charge in [-0.1, -0.05) is 0 Å². The Hall–Kier alpha value is -1.17. The minimum absolute atomic E-state index is 0. The Morgan fingerprint density at radius 3 is 2.83 bits per heavy atom. The molecule has 1 saturated heterocycles. The van der Waals surface area contributed by atoms with Gasteiger partial charge in [-0.05, 0) is 56.0 Å². The molecule has 1 saturated carbocycles. The molecule has 3 aliphatic rings. The third kappa shape index (κ3) is 3.44. The summed E-state index contributed by atoms with van der Waals surface area (Å²) in [4.78, 5) is 14.7. The number of likely N-dealkylation sites (N-methyl/N-ethyl adjacent to an activating group) is 1. The summed E-state index contributed by atoms with van der Waals surface area (Å²) in [5.74, 6) is 1.27. The Bertz CT molecular complexity index is 605. The highest BCUT2D eigenvalue weighted by atomic mass is 35.5. The number of halogens is 2. The molecule has 7 heteroatoms. The lowest BCUT2D eigenvalue weighted by Gasteiger charge is -2.28. The second kappa shape index (κ2) is 7.38. The molecule has 1 aliphatic carbocycles. The number of carbonyl (C=O) groups is 1. The Labute approximate surface area is 155 Å². The normalized spacial score (nSPS) is 23.2.